The van der Waals surface area contributed by atoms with Gasteiger partial charge in [-0.25, -0.2) is 0 Å². The lowest BCUT2D eigenvalue weighted by Gasteiger charge is -2.17. The quantitative estimate of drug-likeness (QED) is 0.751. The van der Waals surface area contributed by atoms with Crippen LogP contribution in [0.3, 0.4) is 0 Å². The van der Waals surface area contributed by atoms with Crippen LogP contribution < -0.4 is 5.32 Å². The maximum atomic E-state index is 12.8. The van der Waals surface area contributed by atoms with Gasteiger partial charge in [-0.15, -0.1) is 0 Å². The van der Waals surface area contributed by atoms with Gasteiger partial charge < -0.3 is 10.1 Å². The largest absolute Gasteiger partial charge is 0.376 e. The van der Waals surface area contributed by atoms with Crippen molar-refractivity contribution in [2.45, 2.75) is 37.2 Å². The van der Waals surface area contributed by atoms with Crippen LogP contribution in [0.1, 0.15) is 62.3 Å². The number of hydrogen-bond acceptors (Lipinski definition) is 4. The number of ether oxygens (including phenoxy) is 1. The molecule has 2 aromatic carbocycles. The summed E-state index contributed by atoms with van der Waals surface area (Å²) in [7, 11) is 0. The van der Waals surface area contributed by atoms with E-state index < -0.39 is 0 Å². The highest BCUT2D eigenvalue weighted by molar-refractivity contribution is 6.22. The van der Waals surface area contributed by atoms with Crippen LogP contribution in [-0.4, -0.2) is 48.4 Å². The molecular weight excluding hydrogens is 380 g/mol. The average molecular weight is 404 g/mol. The van der Waals surface area contributed by atoms with Gasteiger partial charge in [-0.1, -0.05) is 30.3 Å². The zero-order valence-corrected chi connectivity index (χ0v) is 16.7. The number of benzene rings is 2. The van der Waals surface area contributed by atoms with Crippen molar-refractivity contribution in [3.63, 3.8) is 0 Å². The molecule has 1 saturated heterocycles. The molecule has 0 spiro atoms. The van der Waals surface area contributed by atoms with Crippen LogP contribution in [-0.2, 0) is 10.2 Å². The zero-order chi connectivity index (χ0) is 20.7. The zero-order valence-electron chi connectivity index (χ0n) is 16.7. The van der Waals surface area contributed by atoms with E-state index in [2.05, 4.69) is 17.4 Å². The molecule has 1 N–H and O–H groups in total. The molecule has 1 unspecified atom stereocenters. The second-order valence-corrected chi connectivity index (χ2v) is 8.45. The Bertz CT molecular complexity index is 1010. The molecule has 2 fully saturated rings. The Balaban J connectivity index is 1.28. The molecule has 0 aromatic heterocycles. The molecule has 1 aliphatic carbocycles. The molecule has 1 atom stereocenters. The Labute approximate surface area is 175 Å². The minimum absolute atomic E-state index is 0.0114. The van der Waals surface area contributed by atoms with Gasteiger partial charge >= 0.3 is 0 Å². The van der Waals surface area contributed by atoms with Crippen molar-refractivity contribution in [1.82, 2.24) is 10.2 Å². The van der Waals surface area contributed by atoms with Crippen molar-refractivity contribution in [1.29, 1.82) is 0 Å². The van der Waals surface area contributed by atoms with Gasteiger partial charge in [-0.3, -0.25) is 19.3 Å². The molecule has 2 aliphatic heterocycles. The van der Waals surface area contributed by atoms with Crippen LogP contribution in [0.15, 0.2) is 48.5 Å². The number of nitrogens with zero attached hydrogens (tertiary/aromatic N) is 1. The molecule has 3 amide bonds. The van der Waals surface area contributed by atoms with Gasteiger partial charge in [0.2, 0.25) is 0 Å². The van der Waals surface area contributed by atoms with Gasteiger partial charge in [0.25, 0.3) is 17.7 Å². The van der Waals surface area contributed by atoms with Crippen molar-refractivity contribution in [3.05, 3.63) is 70.8 Å². The summed E-state index contributed by atoms with van der Waals surface area (Å²) in [5, 5.41) is 3.02. The number of hydrogen-bond donors (Lipinski definition) is 1. The van der Waals surface area contributed by atoms with Gasteiger partial charge in [-0.05, 0) is 49.4 Å². The third kappa shape index (κ3) is 3.31. The van der Waals surface area contributed by atoms with E-state index >= 15 is 0 Å². The highest BCUT2D eigenvalue weighted by Gasteiger charge is 2.44. The van der Waals surface area contributed by atoms with E-state index in [4.69, 9.17) is 4.74 Å². The van der Waals surface area contributed by atoms with E-state index in [1.165, 1.54) is 10.5 Å². The van der Waals surface area contributed by atoms with E-state index in [9.17, 15) is 14.4 Å². The molecule has 2 heterocycles. The van der Waals surface area contributed by atoms with Crippen molar-refractivity contribution in [2.75, 3.05) is 19.7 Å². The summed E-state index contributed by atoms with van der Waals surface area (Å²) in [4.78, 5) is 39.5. The van der Waals surface area contributed by atoms with Crippen LogP contribution in [0.5, 0.6) is 0 Å². The summed E-state index contributed by atoms with van der Waals surface area (Å²) in [5.74, 6) is -0.876. The van der Waals surface area contributed by atoms with Crippen LogP contribution in [0.25, 0.3) is 0 Å². The number of carbonyl (C=O) groups excluding carboxylic acids is 3. The molecule has 6 nitrogen and oxygen atoms in total. The van der Waals surface area contributed by atoms with Crippen LogP contribution in [0, 0.1) is 0 Å². The Kier molecular flexibility index (Phi) is 4.66. The van der Waals surface area contributed by atoms with E-state index in [-0.39, 0.29) is 35.8 Å². The number of imide groups is 1. The Morgan fingerprint density at radius 3 is 2.53 bits per heavy atom. The Hall–Kier alpha value is -2.99. The molecule has 5 rings (SSSR count). The predicted molar refractivity (Wildman–Crippen MR) is 110 cm³/mol. The molecule has 0 bridgehead atoms. The first-order valence-corrected chi connectivity index (χ1v) is 10.5. The van der Waals surface area contributed by atoms with E-state index in [0.717, 1.165) is 25.7 Å². The third-order valence-electron chi connectivity index (χ3n) is 6.47. The minimum atomic E-state index is -0.344. The highest BCUT2D eigenvalue weighted by atomic mass is 16.5. The SMILES string of the molecule is O=C(NCC1(c2ccccc2)CC1)c1ccc2c(c1)C(=O)N(CC1CCCO1)C2=O. The smallest absolute Gasteiger partial charge is 0.261 e. The van der Waals surface area contributed by atoms with Gasteiger partial charge in [0, 0.05) is 24.1 Å². The normalized spacial score (nSPS) is 21.6. The lowest BCUT2D eigenvalue weighted by Crippen LogP contribution is -2.36. The van der Waals surface area contributed by atoms with Crippen LogP contribution in [0.2, 0.25) is 0 Å². The fourth-order valence-electron chi connectivity index (χ4n) is 4.45. The summed E-state index contributed by atoms with van der Waals surface area (Å²) < 4.78 is 5.57. The summed E-state index contributed by atoms with van der Waals surface area (Å²) in [6.45, 7) is 1.50. The lowest BCUT2D eigenvalue weighted by atomic mass is 9.96. The molecule has 30 heavy (non-hydrogen) atoms. The summed E-state index contributed by atoms with van der Waals surface area (Å²) in [6.07, 6.45) is 3.80. The van der Waals surface area contributed by atoms with Gasteiger partial charge in [-0.2, -0.15) is 0 Å². The van der Waals surface area contributed by atoms with Crippen LogP contribution >= 0.6 is 0 Å². The summed E-state index contributed by atoms with van der Waals surface area (Å²) in [6, 6.07) is 15.0. The van der Waals surface area contributed by atoms with Gasteiger partial charge in [0.15, 0.2) is 0 Å². The Morgan fingerprint density at radius 2 is 1.83 bits per heavy atom. The maximum absolute atomic E-state index is 12.8. The molecule has 154 valence electrons. The van der Waals surface area contributed by atoms with Crippen LogP contribution in [0.4, 0.5) is 0 Å². The first-order chi connectivity index (χ1) is 14.6. The fourth-order valence-corrected chi connectivity index (χ4v) is 4.45. The highest BCUT2D eigenvalue weighted by Crippen LogP contribution is 2.47. The number of rotatable bonds is 6. The second kappa shape index (κ2) is 7.36. The number of fused-ring (bicyclic) bond motifs is 1. The molecule has 6 heteroatoms. The predicted octanol–water partition coefficient (Wildman–Crippen LogP) is 2.92. The molecule has 0 radical (unpaired) electrons. The molecule has 1 saturated carbocycles. The van der Waals surface area contributed by atoms with Crippen molar-refractivity contribution >= 4 is 17.7 Å². The number of carbonyl (C=O) groups is 3. The molecule has 3 aliphatic rings. The topological polar surface area (TPSA) is 75.7 Å². The van der Waals surface area contributed by atoms with E-state index in [1.807, 2.05) is 18.2 Å². The second-order valence-electron chi connectivity index (χ2n) is 8.45. The van der Waals surface area contributed by atoms with E-state index in [1.54, 1.807) is 18.2 Å². The van der Waals surface area contributed by atoms with Gasteiger partial charge in [0.05, 0.1) is 23.8 Å². The fraction of sp³-hybridized carbons (Fsp3) is 0.375. The first kappa shape index (κ1) is 19.0. The Morgan fingerprint density at radius 1 is 1.07 bits per heavy atom. The first-order valence-electron chi connectivity index (χ1n) is 10.5. The average Bonchev–Trinajstić information content (AvgIpc) is 3.33. The van der Waals surface area contributed by atoms with Gasteiger partial charge in [0.1, 0.15) is 0 Å². The number of nitrogens with one attached hydrogen (secondary N) is 1. The van der Waals surface area contributed by atoms with Crippen molar-refractivity contribution < 1.29 is 19.1 Å². The standard InChI is InChI=1S/C24H24N2O4/c27-21(25-15-24(10-11-24)17-5-2-1-3-6-17)16-8-9-19-20(13-16)23(29)26(22(19)28)14-18-7-4-12-30-18/h1-3,5-6,8-9,13,18H,4,7,10-12,14-15H2,(H,25,27). The third-order valence-corrected chi connectivity index (χ3v) is 6.47. The van der Waals surface area contributed by atoms with E-state index in [0.29, 0.717) is 29.8 Å². The van der Waals surface area contributed by atoms with Crippen molar-refractivity contribution in [3.8, 4) is 0 Å². The molecular formula is C24H24N2O4. The summed E-state index contributed by atoms with van der Waals surface area (Å²) >= 11 is 0. The number of amides is 3. The van der Waals surface area contributed by atoms with Crippen molar-refractivity contribution in [2.24, 2.45) is 0 Å². The lowest BCUT2D eigenvalue weighted by molar-refractivity contribution is 0.0475. The minimum Gasteiger partial charge on any atom is -0.376 e. The monoisotopic (exact) mass is 404 g/mol. The maximum Gasteiger partial charge on any atom is 0.261 e. The molecule has 2 aromatic rings. The summed E-state index contributed by atoms with van der Waals surface area (Å²) in [5.41, 5.74) is 2.31.